The van der Waals surface area contributed by atoms with Gasteiger partial charge in [0, 0.05) is 0 Å². The molecule has 0 N–H and O–H groups in total. The van der Waals surface area contributed by atoms with E-state index in [9.17, 15) is 0 Å². The summed E-state index contributed by atoms with van der Waals surface area (Å²) in [5, 5.41) is 9.03. The van der Waals surface area contributed by atoms with Crippen molar-refractivity contribution in [3.05, 3.63) is 28.8 Å². The first-order chi connectivity index (χ1) is 8.31. The number of methoxy groups -OCH3 is 1. The number of ether oxygens (including phenoxy) is 1. The highest BCUT2D eigenvalue weighted by molar-refractivity contribution is 5.51. The van der Waals surface area contributed by atoms with Crippen molar-refractivity contribution >= 4 is 6.29 Å². The maximum Gasteiger partial charge on any atom is 0.139 e. The van der Waals surface area contributed by atoms with E-state index in [0.717, 1.165) is 17.4 Å². The van der Waals surface area contributed by atoms with Crippen molar-refractivity contribution < 1.29 is 9.53 Å². The van der Waals surface area contributed by atoms with Crippen molar-refractivity contribution in [2.24, 2.45) is 0 Å². The zero-order valence-corrected chi connectivity index (χ0v) is 12.0. The largest absolute Gasteiger partial charge is 0.495 e. The van der Waals surface area contributed by atoms with Gasteiger partial charge in [-0.25, -0.2) is 0 Å². The van der Waals surface area contributed by atoms with Crippen molar-refractivity contribution in [2.45, 2.75) is 40.0 Å². The minimum atomic E-state index is 0.0582. The van der Waals surface area contributed by atoms with Crippen LogP contribution in [0.2, 0.25) is 0 Å². The molecule has 0 fully saturated rings. The smallest absolute Gasteiger partial charge is 0.139 e. The molecule has 0 saturated heterocycles. The van der Waals surface area contributed by atoms with Gasteiger partial charge in [-0.2, -0.15) is 5.26 Å². The number of nitrogens with zero attached hydrogens (tertiary/aromatic N) is 1. The van der Waals surface area contributed by atoms with Gasteiger partial charge in [0.05, 0.1) is 12.7 Å². The Labute approximate surface area is 109 Å². The fraction of sp³-hybridized carbons (Fsp3) is 0.467. The molecule has 0 heterocycles. The highest BCUT2D eigenvalue weighted by atomic mass is 16.5. The van der Waals surface area contributed by atoms with Gasteiger partial charge in [0.2, 0.25) is 0 Å². The Balaban J connectivity index is 0.000000873. The molecule has 0 aliphatic carbocycles. The van der Waals surface area contributed by atoms with Crippen LogP contribution in [0.5, 0.6) is 5.75 Å². The average molecular weight is 247 g/mol. The molecule has 0 aliphatic rings. The Hall–Kier alpha value is -1.82. The molecule has 0 saturated carbocycles. The van der Waals surface area contributed by atoms with Gasteiger partial charge in [0.1, 0.15) is 18.1 Å². The van der Waals surface area contributed by atoms with Crippen LogP contribution in [0.15, 0.2) is 12.1 Å². The summed E-state index contributed by atoms with van der Waals surface area (Å²) in [7, 11) is 1.60. The normalized spacial score (nSPS) is 9.83. The minimum absolute atomic E-state index is 0.0582. The molecule has 0 amide bonds. The van der Waals surface area contributed by atoms with E-state index in [1.807, 2.05) is 13.0 Å². The van der Waals surface area contributed by atoms with Gasteiger partial charge < -0.3 is 9.53 Å². The molecule has 0 atom stereocenters. The summed E-state index contributed by atoms with van der Waals surface area (Å²) in [6.45, 7) is 9.81. The number of hydrogen-bond acceptors (Lipinski definition) is 3. The third-order valence-corrected chi connectivity index (χ3v) is 2.47. The van der Waals surface area contributed by atoms with Crippen LogP contribution < -0.4 is 4.74 Å². The van der Waals surface area contributed by atoms with E-state index in [2.05, 4.69) is 32.9 Å². The van der Waals surface area contributed by atoms with Crippen LogP contribution in [0, 0.1) is 18.3 Å². The van der Waals surface area contributed by atoms with Crippen LogP contribution >= 0.6 is 0 Å². The maximum atomic E-state index is 9.03. The number of hydrogen-bond donors (Lipinski definition) is 0. The summed E-state index contributed by atoms with van der Waals surface area (Å²) < 4.78 is 5.21. The first-order valence-corrected chi connectivity index (χ1v) is 5.80. The average Bonchev–Trinajstić information content (AvgIpc) is 2.27. The van der Waals surface area contributed by atoms with Crippen LogP contribution in [0.3, 0.4) is 0 Å². The quantitative estimate of drug-likeness (QED) is 0.715. The SMILES string of the molecule is CC=O.COc1c(C)cc(C(C)(C)C)cc1C#N. The third kappa shape index (κ3) is 4.21. The first kappa shape index (κ1) is 16.2. The second kappa shape index (κ2) is 6.80. The molecule has 0 spiro atoms. The summed E-state index contributed by atoms with van der Waals surface area (Å²) >= 11 is 0. The van der Waals surface area contributed by atoms with Crippen molar-refractivity contribution in [1.29, 1.82) is 5.26 Å². The summed E-state index contributed by atoms with van der Waals surface area (Å²) in [5.41, 5.74) is 2.85. The Morgan fingerprint density at radius 2 is 1.83 bits per heavy atom. The Bertz CT molecular complexity index is 451. The van der Waals surface area contributed by atoms with Gasteiger partial charge in [-0.15, -0.1) is 0 Å². The topological polar surface area (TPSA) is 50.1 Å². The van der Waals surface area contributed by atoms with E-state index in [1.165, 1.54) is 6.92 Å². The van der Waals surface area contributed by atoms with Gasteiger partial charge in [-0.05, 0) is 36.5 Å². The standard InChI is InChI=1S/C13H17NO.C2H4O/c1-9-6-11(13(2,3)4)7-10(8-14)12(9)15-5;1-2-3/h6-7H,1-5H3;2H,1H3. The zero-order chi connectivity index (χ0) is 14.3. The van der Waals surface area contributed by atoms with Crippen molar-refractivity contribution in [1.82, 2.24) is 0 Å². The van der Waals surface area contributed by atoms with E-state index in [4.69, 9.17) is 14.8 Å². The van der Waals surface area contributed by atoms with Crippen molar-refractivity contribution in [3.8, 4) is 11.8 Å². The molecule has 0 aromatic heterocycles. The van der Waals surface area contributed by atoms with E-state index in [0.29, 0.717) is 11.3 Å². The minimum Gasteiger partial charge on any atom is -0.495 e. The predicted octanol–water partition coefficient (Wildman–Crippen LogP) is 3.38. The predicted molar refractivity (Wildman–Crippen MR) is 72.9 cm³/mol. The van der Waals surface area contributed by atoms with E-state index < -0.39 is 0 Å². The Kier molecular flexibility index (Phi) is 6.12. The van der Waals surface area contributed by atoms with Crippen LogP contribution in [0.1, 0.15) is 44.4 Å². The van der Waals surface area contributed by atoms with Gasteiger partial charge in [0.25, 0.3) is 0 Å². The first-order valence-electron chi connectivity index (χ1n) is 5.80. The molecular weight excluding hydrogens is 226 g/mol. The van der Waals surface area contributed by atoms with Crippen LogP contribution in [0.25, 0.3) is 0 Å². The fourth-order valence-corrected chi connectivity index (χ4v) is 1.56. The molecule has 1 rings (SSSR count). The summed E-state index contributed by atoms with van der Waals surface area (Å²) in [6, 6.07) is 6.17. The highest BCUT2D eigenvalue weighted by Crippen LogP contribution is 2.30. The monoisotopic (exact) mass is 247 g/mol. The lowest BCUT2D eigenvalue weighted by Crippen LogP contribution is -2.12. The van der Waals surface area contributed by atoms with Gasteiger partial charge in [-0.3, -0.25) is 0 Å². The number of carbonyl (C=O) groups excluding carboxylic acids is 1. The summed E-state index contributed by atoms with van der Waals surface area (Å²) in [4.78, 5) is 8.81. The van der Waals surface area contributed by atoms with Crippen molar-refractivity contribution in [2.75, 3.05) is 7.11 Å². The number of carbonyl (C=O) groups is 1. The van der Waals surface area contributed by atoms with Crippen LogP contribution in [0.4, 0.5) is 0 Å². The highest BCUT2D eigenvalue weighted by Gasteiger charge is 2.17. The Morgan fingerprint density at radius 1 is 1.33 bits per heavy atom. The molecule has 1 aromatic carbocycles. The molecule has 3 nitrogen and oxygen atoms in total. The number of aryl methyl sites for hydroxylation is 1. The molecule has 0 unspecified atom stereocenters. The molecule has 0 aliphatic heterocycles. The second-order valence-electron chi connectivity index (χ2n) is 4.97. The molecule has 0 radical (unpaired) electrons. The fourth-order valence-electron chi connectivity index (χ4n) is 1.56. The third-order valence-electron chi connectivity index (χ3n) is 2.47. The number of nitriles is 1. The summed E-state index contributed by atoms with van der Waals surface area (Å²) in [5.74, 6) is 0.686. The second-order valence-corrected chi connectivity index (χ2v) is 4.97. The summed E-state index contributed by atoms with van der Waals surface area (Å²) in [6.07, 6.45) is 0.750. The number of rotatable bonds is 1. The maximum absolute atomic E-state index is 9.03. The van der Waals surface area contributed by atoms with E-state index >= 15 is 0 Å². The molecule has 98 valence electrons. The molecule has 1 aromatic rings. The number of aldehydes is 1. The molecule has 18 heavy (non-hydrogen) atoms. The lowest BCUT2D eigenvalue weighted by atomic mass is 9.85. The van der Waals surface area contributed by atoms with Gasteiger partial charge in [0.15, 0.2) is 0 Å². The lowest BCUT2D eigenvalue weighted by Gasteiger charge is -2.21. The van der Waals surface area contributed by atoms with Crippen LogP contribution in [-0.4, -0.2) is 13.4 Å². The van der Waals surface area contributed by atoms with E-state index in [-0.39, 0.29) is 5.41 Å². The number of benzene rings is 1. The van der Waals surface area contributed by atoms with Crippen LogP contribution in [-0.2, 0) is 10.2 Å². The van der Waals surface area contributed by atoms with Gasteiger partial charge >= 0.3 is 0 Å². The molecule has 0 bridgehead atoms. The van der Waals surface area contributed by atoms with E-state index in [1.54, 1.807) is 7.11 Å². The van der Waals surface area contributed by atoms with Crippen molar-refractivity contribution in [3.63, 3.8) is 0 Å². The Morgan fingerprint density at radius 3 is 2.17 bits per heavy atom. The molecule has 3 heteroatoms. The lowest BCUT2D eigenvalue weighted by molar-refractivity contribution is -0.106. The molecular formula is C15H21NO2. The van der Waals surface area contributed by atoms with Gasteiger partial charge in [-0.1, -0.05) is 26.8 Å². The zero-order valence-electron chi connectivity index (χ0n) is 12.0.